The summed E-state index contributed by atoms with van der Waals surface area (Å²) in [5.41, 5.74) is 1.26. The lowest BCUT2D eigenvalue weighted by Crippen LogP contribution is -2.30. The zero-order valence-electron chi connectivity index (χ0n) is 10.4. The molecule has 0 amide bonds. The largest absolute Gasteiger partial charge is 0.489 e. The van der Waals surface area contributed by atoms with E-state index in [0.29, 0.717) is 12.1 Å². The average Bonchev–Trinajstić information content (AvgIpc) is 2.66. The van der Waals surface area contributed by atoms with Crippen LogP contribution in [0.15, 0.2) is 24.3 Å². The number of hydrogen-bond donors (Lipinski definition) is 0. The van der Waals surface area contributed by atoms with Crippen molar-refractivity contribution < 1.29 is 4.74 Å². The number of rotatable bonds is 3. The Kier molecular flexibility index (Phi) is 3.49. The molecule has 2 nitrogen and oxygen atoms in total. The van der Waals surface area contributed by atoms with Crippen molar-refractivity contribution in [2.45, 2.75) is 39.3 Å². The number of aryl methyl sites for hydroxylation is 1. The van der Waals surface area contributed by atoms with Crippen molar-refractivity contribution in [3.05, 3.63) is 29.8 Å². The van der Waals surface area contributed by atoms with E-state index in [0.717, 1.165) is 25.3 Å². The summed E-state index contributed by atoms with van der Waals surface area (Å²) in [4.78, 5) is 2.47. The molecule has 0 radical (unpaired) electrons. The Morgan fingerprint density at radius 1 is 1.38 bits per heavy atom. The van der Waals surface area contributed by atoms with Gasteiger partial charge in [0.05, 0.1) is 0 Å². The summed E-state index contributed by atoms with van der Waals surface area (Å²) in [6.07, 6.45) is 1.51. The van der Waals surface area contributed by atoms with Gasteiger partial charge in [-0.05, 0) is 44.9 Å². The fourth-order valence-electron chi connectivity index (χ4n) is 2.20. The fourth-order valence-corrected chi connectivity index (χ4v) is 2.20. The van der Waals surface area contributed by atoms with E-state index in [1.807, 2.05) is 6.07 Å². The highest BCUT2D eigenvalue weighted by Gasteiger charge is 2.25. The lowest BCUT2D eigenvalue weighted by molar-refractivity contribution is 0.187. The Bertz CT molecular complexity index is 348. The SMILES string of the molecule is Cc1cccc(OC2CCN(C(C)C)C2)c1. The van der Waals surface area contributed by atoms with Crippen molar-refractivity contribution in [2.24, 2.45) is 0 Å². The van der Waals surface area contributed by atoms with Gasteiger partial charge in [-0.3, -0.25) is 4.90 Å². The summed E-state index contributed by atoms with van der Waals surface area (Å²) >= 11 is 0. The molecule has 1 heterocycles. The van der Waals surface area contributed by atoms with Gasteiger partial charge in [-0.25, -0.2) is 0 Å². The number of hydrogen-bond acceptors (Lipinski definition) is 2. The molecule has 0 aromatic heterocycles. The second-order valence-electron chi connectivity index (χ2n) is 4.93. The van der Waals surface area contributed by atoms with Gasteiger partial charge in [0.25, 0.3) is 0 Å². The van der Waals surface area contributed by atoms with Crippen molar-refractivity contribution in [1.29, 1.82) is 0 Å². The van der Waals surface area contributed by atoms with Crippen molar-refractivity contribution in [3.8, 4) is 5.75 Å². The van der Waals surface area contributed by atoms with E-state index in [1.165, 1.54) is 5.56 Å². The zero-order valence-corrected chi connectivity index (χ0v) is 10.4. The third kappa shape index (κ3) is 2.76. The van der Waals surface area contributed by atoms with Gasteiger partial charge < -0.3 is 4.74 Å². The normalized spacial score (nSPS) is 21.6. The number of nitrogens with zero attached hydrogens (tertiary/aromatic N) is 1. The lowest BCUT2D eigenvalue weighted by atomic mass is 10.2. The molecule has 1 aromatic carbocycles. The van der Waals surface area contributed by atoms with E-state index < -0.39 is 0 Å². The molecule has 16 heavy (non-hydrogen) atoms. The monoisotopic (exact) mass is 219 g/mol. The second kappa shape index (κ2) is 4.88. The molecule has 0 bridgehead atoms. The van der Waals surface area contributed by atoms with Crippen molar-refractivity contribution in [2.75, 3.05) is 13.1 Å². The van der Waals surface area contributed by atoms with Crippen molar-refractivity contribution in [3.63, 3.8) is 0 Å². The van der Waals surface area contributed by atoms with Crippen LogP contribution >= 0.6 is 0 Å². The first-order valence-electron chi connectivity index (χ1n) is 6.12. The molecule has 0 spiro atoms. The Labute approximate surface area is 98.2 Å². The van der Waals surface area contributed by atoms with Gasteiger partial charge in [0, 0.05) is 19.1 Å². The second-order valence-corrected chi connectivity index (χ2v) is 4.93. The van der Waals surface area contributed by atoms with Crippen LogP contribution in [0.3, 0.4) is 0 Å². The predicted molar refractivity (Wildman–Crippen MR) is 66.9 cm³/mol. The minimum absolute atomic E-state index is 0.365. The van der Waals surface area contributed by atoms with E-state index in [1.54, 1.807) is 0 Å². The molecule has 1 aliphatic heterocycles. The highest BCUT2D eigenvalue weighted by molar-refractivity contribution is 5.27. The van der Waals surface area contributed by atoms with Crippen LogP contribution < -0.4 is 4.74 Å². The molecule has 0 N–H and O–H groups in total. The molecule has 1 fully saturated rings. The first-order chi connectivity index (χ1) is 7.65. The molecule has 1 saturated heterocycles. The van der Waals surface area contributed by atoms with Crippen LogP contribution in [0.1, 0.15) is 25.8 Å². The molecule has 1 atom stereocenters. The van der Waals surface area contributed by atoms with Crippen LogP contribution in [0.2, 0.25) is 0 Å². The minimum Gasteiger partial charge on any atom is -0.489 e. The van der Waals surface area contributed by atoms with Gasteiger partial charge in [0.1, 0.15) is 11.9 Å². The van der Waals surface area contributed by atoms with Gasteiger partial charge in [0.15, 0.2) is 0 Å². The topological polar surface area (TPSA) is 12.5 Å². The zero-order chi connectivity index (χ0) is 11.5. The molecule has 0 saturated carbocycles. The summed E-state index contributed by atoms with van der Waals surface area (Å²) in [5.74, 6) is 1.01. The molecule has 1 aromatic rings. The van der Waals surface area contributed by atoms with Crippen LogP contribution in [0, 0.1) is 6.92 Å². The maximum absolute atomic E-state index is 5.99. The van der Waals surface area contributed by atoms with Gasteiger partial charge in [-0.1, -0.05) is 12.1 Å². The third-order valence-corrected chi connectivity index (χ3v) is 3.20. The van der Waals surface area contributed by atoms with Crippen LogP contribution in [-0.2, 0) is 0 Å². The number of benzene rings is 1. The minimum atomic E-state index is 0.365. The van der Waals surface area contributed by atoms with E-state index in [2.05, 4.69) is 43.9 Å². The van der Waals surface area contributed by atoms with Crippen LogP contribution in [0.4, 0.5) is 0 Å². The van der Waals surface area contributed by atoms with E-state index >= 15 is 0 Å². The third-order valence-electron chi connectivity index (χ3n) is 3.20. The van der Waals surface area contributed by atoms with Crippen molar-refractivity contribution >= 4 is 0 Å². The standard InChI is InChI=1S/C14H21NO/c1-11(2)15-8-7-14(10-15)16-13-6-4-5-12(3)9-13/h4-6,9,11,14H,7-8,10H2,1-3H3. The Balaban J connectivity index is 1.92. The molecule has 1 aliphatic rings. The number of ether oxygens (including phenoxy) is 1. The molecular weight excluding hydrogens is 198 g/mol. The molecule has 2 heteroatoms. The average molecular weight is 219 g/mol. The first-order valence-corrected chi connectivity index (χ1v) is 6.12. The quantitative estimate of drug-likeness (QED) is 0.775. The summed E-state index contributed by atoms with van der Waals surface area (Å²) in [7, 11) is 0. The maximum atomic E-state index is 5.99. The molecular formula is C14H21NO. The van der Waals surface area contributed by atoms with E-state index in [-0.39, 0.29) is 0 Å². The van der Waals surface area contributed by atoms with Gasteiger partial charge >= 0.3 is 0 Å². The highest BCUT2D eigenvalue weighted by Crippen LogP contribution is 2.20. The molecule has 88 valence electrons. The molecule has 1 unspecified atom stereocenters. The van der Waals surface area contributed by atoms with Crippen molar-refractivity contribution in [1.82, 2.24) is 4.90 Å². The Morgan fingerprint density at radius 2 is 2.19 bits per heavy atom. The van der Waals surface area contributed by atoms with Crippen LogP contribution in [0.5, 0.6) is 5.75 Å². The van der Waals surface area contributed by atoms with Gasteiger partial charge in [0.2, 0.25) is 0 Å². The summed E-state index contributed by atoms with van der Waals surface area (Å²) in [5, 5.41) is 0. The van der Waals surface area contributed by atoms with Gasteiger partial charge in [-0.15, -0.1) is 0 Å². The lowest BCUT2D eigenvalue weighted by Gasteiger charge is -2.20. The summed E-state index contributed by atoms with van der Waals surface area (Å²) in [6, 6.07) is 8.94. The summed E-state index contributed by atoms with van der Waals surface area (Å²) < 4.78 is 5.99. The number of likely N-dealkylation sites (tertiary alicyclic amines) is 1. The van der Waals surface area contributed by atoms with Gasteiger partial charge in [-0.2, -0.15) is 0 Å². The predicted octanol–water partition coefficient (Wildman–Crippen LogP) is 2.86. The smallest absolute Gasteiger partial charge is 0.120 e. The van der Waals surface area contributed by atoms with E-state index in [9.17, 15) is 0 Å². The molecule has 0 aliphatic carbocycles. The highest BCUT2D eigenvalue weighted by atomic mass is 16.5. The fraction of sp³-hybridized carbons (Fsp3) is 0.571. The van der Waals surface area contributed by atoms with Crippen LogP contribution in [-0.4, -0.2) is 30.1 Å². The Hall–Kier alpha value is -1.02. The summed E-state index contributed by atoms with van der Waals surface area (Å²) in [6.45, 7) is 8.81. The van der Waals surface area contributed by atoms with Crippen LogP contribution in [0.25, 0.3) is 0 Å². The molecule has 2 rings (SSSR count). The van der Waals surface area contributed by atoms with E-state index in [4.69, 9.17) is 4.74 Å². The first kappa shape index (κ1) is 11.5. The maximum Gasteiger partial charge on any atom is 0.120 e. The Morgan fingerprint density at radius 3 is 2.81 bits per heavy atom.